The Balaban J connectivity index is 2.16. The van der Waals surface area contributed by atoms with Gasteiger partial charge in [0, 0.05) is 5.56 Å². The Hall–Kier alpha value is -1.96. The molecule has 0 spiro atoms. The zero-order valence-corrected chi connectivity index (χ0v) is 10.5. The second-order valence-corrected chi connectivity index (χ2v) is 4.66. The van der Waals surface area contributed by atoms with Crippen molar-refractivity contribution in [2.24, 2.45) is 0 Å². The molecule has 0 atom stereocenters. The molecule has 0 fully saturated rings. The molecule has 0 aliphatic carbocycles. The molecule has 100 valence electrons. The Morgan fingerprint density at radius 1 is 1.26 bits per heavy atom. The zero-order valence-electron chi connectivity index (χ0n) is 9.65. The van der Waals surface area contributed by atoms with Crippen LogP contribution in [-0.4, -0.2) is 16.1 Å². The van der Waals surface area contributed by atoms with Crippen LogP contribution in [0, 0.1) is 6.92 Å². The number of carbonyl (C=O) groups excluding carboxylic acids is 1. The lowest BCUT2D eigenvalue weighted by atomic mass is 10.1. The fourth-order valence-electron chi connectivity index (χ4n) is 1.38. The van der Waals surface area contributed by atoms with E-state index in [2.05, 4.69) is 15.5 Å². The molecule has 2 aromatic rings. The first-order chi connectivity index (χ1) is 8.88. The highest BCUT2D eigenvalue weighted by atomic mass is 32.1. The quantitative estimate of drug-likeness (QED) is 0.923. The van der Waals surface area contributed by atoms with Crippen molar-refractivity contribution >= 4 is 22.4 Å². The third kappa shape index (κ3) is 3.08. The van der Waals surface area contributed by atoms with Gasteiger partial charge in [0.15, 0.2) is 0 Å². The number of hydrogen-bond acceptors (Lipinski definition) is 4. The number of alkyl halides is 3. The Bertz CT molecular complexity index is 609. The molecule has 0 unspecified atom stereocenters. The summed E-state index contributed by atoms with van der Waals surface area (Å²) in [6.07, 6.45) is -4.55. The third-order valence-corrected chi connectivity index (χ3v) is 3.16. The monoisotopic (exact) mass is 287 g/mol. The van der Waals surface area contributed by atoms with Crippen LogP contribution in [0.2, 0.25) is 0 Å². The molecule has 4 nitrogen and oxygen atoms in total. The Kier molecular flexibility index (Phi) is 3.52. The van der Waals surface area contributed by atoms with Crippen LogP contribution < -0.4 is 5.32 Å². The molecule has 0 radical (unpaired) electrons. The number of nitrogens with one attached hydrogen (secondary N) is 1. The van der Waals surface area contributed by atoms with Gasteiger partial charge >= 0.3 is 6.18 Å². The highest BCUT2D eigenvalue weighted by Crippen LogP contribution is 2.33. The number of rotatable bonds is 2. The number of amides is 1. The van der Waals surface area contributed by atoms with Crippen LogP contribution >= 0.6 is 11.3 Å². The minimum atomic E-state index is -4.55. The number of hydrogen-bond donors (Lipinski definition) is 1. The maximum Gasteiger partial charge on any atom is 0.445 e. The molecule has 2 rings (SSSR count). The first-order valence-electron chi connectivity index (χ1n) is 5.15. The van der Waals surface area contributed by atoms with Crippen LogP contribution in [0.5, 0.6) is 0 Å². The zero-order chi connectivity index (χ0) is 14.0. The van der Waals surface area contributed by atoms with Crippen molar-refractivity contribution in [1.82, 2.24) is 10.2 Å². The minimum Gasteiger partial charge on any atom is -0.296 e. The van der Waals surface area contributed by atoms with E-state index in [0.717, 1.165) is 5.56 Å². The van der Waals surface area contributed by atoms with Crippen LogP contribution in [-0.2, 0) is 6.18 Å². The largest absolute Gasteiger partial charge is 0.445 e. The molecular formula is C11H8F3N3OS. The van der Waals surface area contributed by atoms with Crippen molar-refractivity contribution in [2.45, 2.75) is 13.1 Å². The predicted octanol–water partition coefficient (Wildman–Crippen LogP) is 3.12. The number of benzene rings is 1. The second kappa shape index (κ2) is 4.96. The summed E-state index contributed by atoms with van der Waals surface area (Å²) in [5.74, 6) is -0.511. The van der Waals surface area contributed by atoms with E-state index in [0.29, 0.717) is 5.56 Å². The van der Waals surface area contributed by atoms with E-state index in [-0.39, 0.29) is 16.5 Å². The van der Waals surface area contributed by atoms with Gasteiger partial charge in [-0.3, -0.25) is 10.1 Å². The van der Waals surface area contributed by atoms with Crippen molar-refractivity contribution < 1.29 is 18.0 Å². The van der Waals surface area contributed by atoms with E-state index in [1.807, 2.05) is 0 Å². The van der Waals surface area contributed by atoms with Crippen molar-refractivity contribution in [3.8, 4) is 0 Å². The molecule has 1 N–H and O–H groups in total. The third-order valence-electron chi connectivity index (χ3n) is 2.28. The lowest BCUT2D eigenvalue weighted by Gasteiger charge is -2.04. The fourth-order valence-corrected chi connectivity index (χ4v) is 1.99. The number of halogens is 3. The summed E-state index contributed by atoms with van der Waals surface area (Å²) < 4.78 is 37.0. The highest BCUT2D eigenvalue weighted by molar-refractivity contribution is 7.15. The fraction of sp³-hybridized carbons (Fsp3) is 0.182. The van der Waals surface area contributed by atoms with Crippen LogP contribution in [0.3, 0.4) is 0 Å². The number of anilines is 1. The maximum absolute atomic E-state index is 12.3. The predicted molar refractivity (Wildman–Crippen MR) is 64.0 cm³/mol. The molecule has 8 heteroatoms. The van der Waals surface area contributed by atoms with Crippen molar-refractivity contribution in [2.75, 3.05) is 5.32 Å². The summed E-state index contributed by atoms with van der Waals surface area (Å²) in [5.41, 5.74) is 1.10. The highest BCUT2D eigenvalue weighted by Gasteiger charge is 2.35. The molecule has 0 saturated heterocycles. The first kappa shape index (κ1) is 13.5. The van der Waals surface area contributed by atoms with Gasteiger partial charge in [-0.1, -0.05) is 29.5 Å². The van der Waals surface area contributed by atoms with E-state index < -0.39 is 17.1 Å². The van der Waals surface area contributed by atoms with Gasteiger partial charge < -0.3 is 0 Å². The van der Waals surface area contributed by atoms with E-state index in [1.165, 1.54) is 0 Å². The number of carbonyl (C=O) groups is 1. The van der Waals surface area contributed by atoms with Gasteiger partial charge in [0.05, 0.1) is 0 Å². The topological polar surface area (TPSA) is 54.9 Å². The molecule has 1 amide bonds. The van der Waals surface area contributed by atoms with Crippen molar-refractivity contribution in [1.29, 1.82) is 0 Å². The smallest absolute Gasteiger partial charge is 0.296 e. The van der Waals surface area contributed by atoms with E-state index in [9.17, 15) is 18.0 Å². The van der Waals surface area contributed by atoms with Crippen molar-refractivity contribution in [3.05, 3.63) is 40.4 Å². The SMILES string of the molecule is Cc1ccccc1C(=O)Nc1nnc(C(F)(F)F)s1. The average molecular weight is 287 g/mol. The molecule has 0 aliphatic rings. The van der Waals surface area contributed by atoms with Gasteiger partial charge in [0.25, 0.3) is 5.91 Å². The van der Waals surface area contributed by atoms with Gasteiger partial charge in [-0.25, -0.2) is 0 Å². The van der Waals surface area contributed by atoms with E-state index in [1.54, 1.807) is 31.2 Å². The summed E-state index contributed by atoms with van der Waals surface area (Å²) in [4.78, 5) is 11.8. The normalized spacial score (nSPS) is 11.4. The molecule has 1 aromatic heterocycles. The average Bonchev–Trinajstić information content (AvgIpc) is 2.77. The first-order valence-corrected chi connectivity index (χ1v) is 5.97. The van der Waals surface area contributed by atoms with Gasteiger partial charge in [-0.15, -0.1) is 10.2 Å². The lowest BCUT2D eigenvalue weighted by molar-refractivity contribution is -0.138. The Morgan fingerprint density at radius 2 is 1.95 bits per heavy atom. The summed E-state index contributed by atoms with van der Waals surface area (Å²) in [7, 11) is 0. The molecule has 0 bridgehead atoms. The second-order valence-electron chi connectivity index (χ2n) is 3.68. The molecule has 1 aromatic carbocycles. The molecule has 1 heterocycles. The Labute approximate surface area is 110 Å². The summed E-state index contributed by atoms with van der Waals surface area (Å²) >= 11 is 0.290. The Morgan fingerprint density at radius 3 is 2.53 bits per heavy atom. The van der Waals surface area contributed by atoms with Gasteiger partial charge in [0.1, 0.15) is 0 Å². The molecule has 0 aliphatic heterocycles. The number of aryl methyl sites for hydroxylation is 1. The van der Waals surface area contributed by atoms with Crippen LogP contribution in [0.15, 0.2) is 24.3 Å². The molecule has 0 saturated carbocycles. The van der Waals surface area contributed by atoms with E-state index in [4.69, 9.17) is 0 Å². The number of aromatic nitrogens is 2. The summed E-state index contributed by atoms with van der Waals surface area (Å²) in [6, 6.07) is 6.74. The van der Waals surface area contributed by atoms with Crippen LogP contribution in [0.25, 0.3) is 0 Å². The minimum absolute atomic E-state index is 0.180. The van der Waals surface area contributed by atoms with Gasteiger partial charge in [-0.05, 0) is 18.6 Å². The number of nitrogens with zero attached hydrogens (tertiary/aromatic N) is 2. The van der Waals surface area contributed by atoms with Crippen LogP contribution in [0.1, 0.15) is 20.9 Å². The summed E-state index contributed by atoms with van der Waals surface area (Å²) in [5, 5.41) is 7.31. The van der Waals surface area contributed by atoms with Gasteiger partial charge in [0.2, 0.25) is 10.1 Å². The standard InChI is InChI=1S/C11H8F3N3OS/c1-6-4-2-3-5-7(6)8(18)15-10-17-16-9(19-10)11(12,13)14/h2-5H,1H3,(H,15,17,18). The van der Waals surface area contributed by atoms with Crippen molar-refractivity contribution in [3.63, 3.8) is 0 Å². The lowest BCUT2D eigenvalue weighted by Crippen LogP contribution is -2.12. The van der Waals surface area contributed by atoms with Crippen LogP contribution in [0.4, 0.5) is 18.3 Å². The maximum atomic E-state index is 12.3. The van der Waals surface area contributed by atoms with Gasteiger partial charge in [-0.2, -0.15) is 13.2 Å². The van der Waals surface area contributed by atoms with E-state index >= 15 is 0 Å². The molecular weight excluding hydrogens is 279 g/mol. The molecule has 19 heavy (non-hydrogen) atoms. The summed E-state index contributed by atoms with van der Waals surface area (Å²) in [6.45, 7) is 1.73.